The summed E-state index contributed by atoms with van der Waals surface area (Å²) in [5.41, 5.74) is 0.0390. The molecule has 0 bridgehead atoms. The number of nitrogens with one attached hydrogen (secondary N) is 1. The van der Waals surface area contributed by atoms with E-state index in [1.165, 1.54) is 6.42 Å². The van der Waals surface area contributed by atoms with E-state index in [-0.39, 0.29) is 5.41 Å². The quantitative estimate of drug-likeness (QED) is 0.714. The first-order valence-corrected chi connectivity index (χ1v) is 5.79. The zero-order valence-electron chi connectivity index (χ0n) is 9.01. The van der Waals surface area contributed by atoms with E-state index in [0.717, 1.165) is 45.4 Å². The van der Waals surface area contributed by atoms with Gasteiger partial charge in [0.2, 0.25) is 5.91 Å². The van der Waals surface area contributed by atoms with Crippen molar-refractivity contribution < 1.29 is 4.79 Å². The molecular weight excluding hydrogens is 176 g/mol. The van der Waals surface area contributed by atoms with Crippen molar-refractivity contribution in [2.24, 2.45) is 5.41 Å². The van der Waals surface area contributed by atoms with Crippen LogP contribution in [0.5, 0.6) is 0 Å². The summed E-state index contributed by atoms with van der Waals surface area (Å²) in [6.45, 7) is 5.89. The minimum atomic E-state index is 0.0390. The van der Waals surface area contributed by atoms with Gasteiger partial charge in [0.1, 0.15) is 0 Å². The van der Waals surface area contributed by atoms with Crippen molar-refractivity contribution in [3.63, 3.8) is 0 Å². The molecule has 1 heterocycles. The fourth-order valence-corrected chi connectivity index (χ4v) is 2.53. The molecule has 1 aliphatic heterocycles. The standard InChI is InChI=1S/C11H20N2O/c1-2-11(4-3-5-11)10(14)13-8-6-12-7-9-13/h12H,2-9H2,1H3. The molecule has 1 saturated carbocycles. The van der Waals surface area contributed by atoms with Crippen LogP contribution >= 0.6 is 0 Å². The lowest BCUT2D eigenvalue weighted by molar-refractivity contribution is -0.148. The Balaban J connectivity index is 1.98. The third kappa shape index (κ3) is 1.54. The van der Waals surface area contributed by atoms with Crippen LogP contribution in [0.25, 0.3) is 0 Å². The molecule has 2 rings (SSSR count). The number of piperazine rings is 1. The largest absolute Gasteiger partial charge is 0.340 e. The van der Waals surface area contributed by atoms with Gasteiger partial charge in [-0.05, 0) is 19.3 Å². The molecule has 0 spiro atoms. The van der Waals surface area contributed by atoms with Crippen LogP contribution in [-0.2, 0) is 4.79 Å². The number of carbonyl (C=O) groups excluding carboxylic acids is 1. The molecule has 1 aliphatic carbocycles. The summed E-state index contributed by atoms with van der Waals surface area (Å²) in [7, 11) is 0. The zero-order chi connectivity index (χ0) is 10.0. The molecule has 14 heavy (non-hydrogen) atoms. The van der Waals surface area contributed by atoms with Crippen LogP contribution in [-0.4, -0.2) is 37.0 Å². The number of amides is 1. The van der Waals surface area contributed by atoms with Crippen molar-refractivity contribution in [1.29, 1.82) is 0 Å². The molecule has 1 N–H and O–H groups in total. The molecule has 0 aromatic rings. The Bertz CT molecular complexity index is 212. The van der Waals surface area contributed by atoms with Gasteiger partial charge in [-0.15, -0.1) is 0 Å². The topological polar surface area (TPSA) is 32.3 Å². The molecule has 1 saturated heterocycles. The maximum atomic E-state index is 12.2. The highest BCUT2D eigenvalue weighted by Crippen LogP contribution is 2.45. The lowest BCUT2D eigenvalue weighted by atomic mass is 9.66. The molecule has 1 amide bonds. The first-order chi connectivity index (χ1) is 6.78. The molecule has 3 nitrogen and oxygen atoms in total. The van der Waals surface area contributed by atoms with Crippen molar-refractivity contribution in [2.45, 2.75) is 32.6 Å². The fourth-order valence-electron chi connectivity index (χ4n) is 2.53. The van der Waals surface area contributed by atoms with E-state index in [1.807, 2.05) is 0 Å². The van der Waals surface area contributed by atoms with Crippen LogP contribution in [0.1, 0.15) is 32.6 Å². The third-order valence-electron chi connectivity index (χ3n) is 3.85. The SMILES string of the molecule is CCC1(C(=O)N2CCNCC2)CCC1. The summed E-state index contributed by atoms with van der Waals surface area (Å²) in [4.78, 5) is 14.3. The van der Waals surface area contributed by atoms with E-state index >= 15 is 0 Å². The van der Waals surface area contributed by atoms with Crippen molar-refractivity contribution in [1.82, 2.24) is 10.2 Å². The van der Waals surface area contributed by atoms with Gasteiger partial charge < -0.3 is 10.2 Å². The summed E-state index contributed by atoms with van der Waals surface area (Å²) in [5.74, 6) is 0.424. The number of carbonyl (C=O) groups is 1. The van der Waals surface area contributed by atoms with Crippen LogP contribution in [0.4, 0.5) is 0 Å². The lowest BCUT2D eigenvalue weighted by Crippen LogP contribution is -2.53. The Morgan fingerprint density at radius 2 is 2.00 bits per heavy atom. The highest BCUT2D eigenvalue weighted by Gasteiger charge is 2.44. The molecule has 80 valence electrons. The van der Waals surface area contributed by atoms with Gasteiger partial charge in [-0.1, -0.05) is 13.3 Å². The van der Waals surface area contributed by atoms with Gasteiger partial charge in [0, 0.05) is 31.6 Å². The van der Waals surface area contributed by atoms with E-state index in [4.69, 9.17) is 0 Å². The molecule has 0 aromatic heterocycles. The minimum Gasteiger partial charge on any atom is -0.340 e. The number of hydrogen-bond acceptors (Lipinski definition) is 2. The first kappa shape index (κ1) is 9.97. The molecule has 0 atom stereocenters. The number of hydrogen-bond donors (Lipinski definition) is 1. The normalized spacial score (nSPS) is 25.6. The Kier molecular flexibility index (Phi) is 2.77. The maximum Gasteiger partial charge on any atom is 0.228 e. The summed E-state index contributed by atoms with van der Waals surface area (Å²) in [5, 5.41) is 3.28. The van der Waals surface area contributed by atoms with Gasteiger partial charge >= 0.3 is 0 Å². The van der Waals surface area contributed by atoms with Crippen molar-refractivity contribution in [2.75, 3.05) is 26.2 Å². The maximum absolute atomic E-state index is 12.2. The fraction of sp³-hybridized carbons (Fsp3) is 0.909. The number of nitrogens with zero attached hydrogens (tertiary/aromatic N) is 1. The Morgan fingerprint density at radius 1 is 1.36 bits per heavy atom. The van der Waals surface area contributed by atoms with E-state index in [0.29, 0.717) is 5.91 Å². The lowest BCUT2D eigenvalue weighted by Gasteiger charge is -2.44. The van der Waals surface area contributed by atoms with E-state index in [2.05, 4.69) is 17.1 Å². The Morgan fingerprint density at radius 3 is 2.43 bits per heavy atom. The van der Waals surface area contributed by atoms with E-state index in [1.54, 1.807) is 0 Å². The molecule has 3 heteroatoms. The minimum absolute atomic E-state index is 0.0390. The van der Waals surface area contributed by atoms with Crippen LogP contribution in [0.2, 0.25) is 0 Å². The average molecular weight is 196 g/mol. The first-order valence-electron chi connectivity index (χ1n) is 5.79. The van der Waals surface area contributed by atoms with E-state index in [9.17, 15) is 4.79 Å². The van der Waals surface area contributed by atoms with Crippen LogP contribution in [0.15, 0.2) is 0 Å². The van der Waals surface area contributed by atoms with Gasteiger partial charge in [0.15, 0.2) is 0 Å². The Hall–Kier alpha value is -0.570. The Labute approximate surface area is 85.8 Å². The summed E-state index contributed by atoms with van der Waals surface area (Å²) in [6.07, 6.45) is 4.50. The van der Waals surface area contributed by atoms with Crippen LogP contribution in [0, 0.1) is 5.41 Å². The van der Waals surface area contributed by atoms with Crippen molar-refractivity contribution >= 4 is 5.91 Å². The van der Waals surface area contributed by atoms with Crippen molar-refractivity contribution in [3.8, 4) is 0 Å². The van der Waals surface area contributed by atoms with Gasteiger partial charge in [0.25, 0.3) is 0 Å². The van der Waals surface area contributed by atoms with Crippen molar-refractivity contribution in [3.05, 3.63) is 0 Å². The molecule has 2 aliphatic rings. The van der Waals surface area contributed by atoms with E-state index < -0.39 is 0 Å². The summed E-state index contributed by atoms with van der Waals surface area (Å²) in [6, 6.07) is 0. The second-order valence-electron chi connectivity index (χ2n) is 4.53. The molecule has 0 unspecified atom stereocenters. The summed E-state index contributed by atoms with van der Waals surface area (Å²) >= 11 is 0. The van der Waals surface area contributed by atoms with Crippen LogP contribution < -0.4 is 5.32 Å². The monoisotopic (exact) mass is 196 g/mol. The number of rotatable bonds is 2. The molecular formula is C11H20N2O. The zero-order valence-corrected chi connectivity index (χ0v) is 9.01. The average Bonchev–Trinajstić information content (AvgIpc) is 2.18. The van der Waals surface area contributed by atoms with Crippen LogP contribution in [0.3, 0.4) is 0 Å². The molecule has 0 radical (unpaired) electrons. The smallest absolute Gasteiger partial charge is 0.228 e. The highest BCUT2D eigenvalue weighted by atomic mass is 16.2. The van der Waals surface area contributed by atoms with Gasteiger partial charge in [-0.25, -0.2) is 0 Å². The predicted molar refractivity (Wildman–Crippen MR) is 56.0 cm³/mol. The van der Waals surface area contributed by atoms with Gasteiger partial charge in [0.05, 0.1) is 0 Å². The third-order valence-corrected chi connectivity index (χ3v) is 3.85. The second-order valence-corrected chi connectivity index (χ2v) is 4.53. The second kappa shape index (κ2) is 3.89. The molecule has 0 aromatic carbocycles. The van der Waals surface area contributed by atoms with Gasteiger partial charge in [-0.2, -0.15) is 0 Å². The predicted octanol–water partition coefficient (Wildman–Crippen LogP) is 0.998. The van der Waals surface area contributed by atoms with Gasteiger partial charge in [-0.3, -0.25) is 4.79 Å². The highest BCUT2D eigenvalue weighted by molar-refractivity contribution is 5.83. The molecule has 2 fully saturated rings. The summed E-state index contributed by atoms with van der Waals surface area (Å²) < 4.78 is 0.